The van der Waals surface area contributed by atoms with Gasteiger partial charge in [-0.2, -0.15) is 5.10 Å². The number of hydrogen-bond donors (Lipinski definition) is 1. The van der Waals surface area contributed by atoms with Gasteiger partial charge in [-0.15, -0.1) is 0 Å². The van der Waals surface area contributed by atoms with Gasteiger partial charge < -0.3 is 5.32 Å². The molecule has 0 aliphatic heterocycles. The summed E-state index contributed by atoms with van der Waals surface area (Å²) in [4.78, 5) is 0. The van der Waals surface area contributed by atoms with Crippen LogP contribution in [-0.2, 0) is 13.0 Å². The molecule has 1 aromatic rings. The molecule has 0 unspecified atom stereocenters. The molecule has 0 saturated heterocycles. The zero-order valence-corrected chi connectivity index (χ0v) is 11.3. The van der Waals surface area contributed by atoms with E-state index < -0.39 is 0 Å². The third-order valence-corrected chi connectivity index (χ3v) is 2.91. The lowest BCUT2D eigenvalue weighted by Crippen LogP contribution is -2.25. The number of aromatic nitrogens is 2. The minimum Gasteiger partial charge on any atom is -0.314 e. The van der Waals surface area contributed by atoms with Crippen molar-refractivity contribution < 1.29 is 0 Å². The van der Waals surface area contributed by atoms with Crippen molar-refractivity contribution in [2.45, 2.75) is 46.2 Å². The molecule has 1 rings (SSSR count). The molecule has 0 aliphatic rings. The zero-order chi connectivity index (χ0) is 11.3. The van der Waals surface area contributed by atoms with Crippen LogP contribution in [-0.4, -0.2) is 22.4 Å². The highest BCUT2D eigenvalue weighted by atomic mass is 79.9. The van der Waals surface area contributed by atoms with Crippen molar-refractivity contribution in [3.8, 4) is 0 Å². The Bertz CT molecular complexity index is 294. The monoisotopic (exact) mass is 273 g/mol. The average molecular weight is 274 g/mol. The Hall–Kier alpha value is -0.350. The quantitative estimate of drug-likeness (QED) is 0.864. The lowest BCUT2D eigenvalue weighted by atomic mass is 10.3. The summed E-state index contributed by atoms with van der Waals surface area (Å²) in [6.45, 7) is 8.51. The van der Waals surface area contributed by atoms with E-state index >= 15 is 0 Å². The maximum atomic E-state index is 4.35. The highest BCUT2D eigenvalue weighted by Crippen LogP contribution is 2.16. The van der Waals surface area contributed by atoms with Crippen molar-refractivity contribution in [3.63, 3.8) is 0 Å². The van der Waals surface area contributed by atoms with E-state index in [9.17, 15) is 0 Å². The van der Waals surface area contributed by atoms with Gasteiger partial charge in [0.15, 0.2) is 0 Å². The Balaban J connectivity index is 2.54. The van der Waals surface area contributed by atoms with E-state index in [1.54, 1.807) is 0 Å². The number of hydrogen-bond acceptors (Lipinski definition) is 2. The van der Waals surface area contributed by atoms with E-state index in [4.69, 9.17) is 0 Å². The standard InChI is InChI=1S/C11H20BrN3/c1-4-7-15-11(10(12)8-14-15)5-6-13-9(2)3/h8-9,13H,4-7H2,1-3H3. The molecule has 0 atom stereocenters. The first-order valence-electron chi connectivity index (χ1n) is 5.58. The second-order valence-corrected chi connectivity index (χ2v) is 4.88. The molecule has 4 heteroatoms. The molecule has 0 aromatic carbocycles. The summed E-state index contributed by atoms with van der Waals surface area (Å²) in [6.07, 6.45) is 4.04. The van der Waals surface area contributed by atoms with Gasteiger partial charge >= 0.3 is 0 Å². The van der Waals surface area contributed by atoms with Crippen LogP contribution in [0.2, 0.25) is 0 Å². The van der Waals surface area contributed by atoms with Crippen LogP contribution in [0.15, 0.2) is 10.7 Å². The van der Waals surface area contributed by atoms with Crippen molar-refractivity contribution in [2.75, 3.05) is 6.54 Å². The first-order chi connectivity index (χ1) is 7.15. The summed E-state index contributed by atoms with van der Waals surface area (Å²) in [7, 11) is 0. The molecule has 0 spiro atoms. The normalized spacial score (nSPS) is 11.3. The summed E-state index contributed by atoms with van der Waals surface area (Å²) in [6, 6.07) is 0.548. The van der Waals surface area contributed by atoms with Crippen molar-refractivity contribution in [3.05, 3.63) is 16.4 Å². The van der Waals surface area contributed by atoms with Crippen LogP contribution in [0, 0.1) is 0 Å². The lowest BCUT2D eigenvalue weighted by Gasteiger charge is -2.10. The molecule has 15 heavy (non-hydrogen) atoms. The van der Waals surface area contributed by atoms with Crippen LogP contribution in [0.3, 0.4) is 0 Å². The fourth-order valence-corrected chi connectivity index (χ4v) is 2.01. The van der Waals surface area contributed by atoms with Gasteiger partial charge in [-0.1, -0.05) is 20.8 Å². The summed E-state index contributed by atoms with van der Waals surface area (Å²) >= 11 is 3.54. The molecule has 0 bridgehead atoms. The van der Waals surface area contributed by atoms with Crippen molar-refractivity contribution >= 4 is 15.9 Å². The highest BCUT2D eigenvalue weighted by Gasteiger charge is 2.07. The second kappa shape index (κ2) is 6.28. The van der Waals surface area contributed by atoms with Crippen LogP contribution in [0.1, 0.15) is 32.9 Å². The minimum absolute atomic E-state index is 0.548. The van der Waals surface area contributed by atoms with Crippen LogP contribution in [0.5, 0.6) is 0 Å². The number of halogens is 1. The van der Waals surface area contributed by atoms with Gasteiger partial charge in [0.05, 0.1) is 16.4 Å². The van der Waals surface area contributed by atoms with E-state index in [1.807, 2.05) is 6.20 Å². The zero-order valence-electron chi connectivity index (χ0n) is 9.76. The molecule has 1 N–H and O–H groups in total. The summed E-state index contributed by atoms with van der Waals surface area (Å²) in [5.74, 6) is 0. The smallest absolute Gasteiger partial charge is 0.0635 e. The number of nitrogens with one attached hydrogen (secondary N) is 1. The van der Waals surface area contributed by atoms with Gasteiger partial charge in [-0.05, 0) is 22.4 Å². The number of nitrogens with zero attached hydrogens (tertiary/aromatic N) is 2. The number of aryl methyl sites for hydroxylation is 1. The molecule has 0 fully saturated rings. The SMILES string of the molecule is CCCn1ncc(Br)c1CCNC(C)C. The fourth-order valence-electron chi connectivity index (χ4n) is 1.52. The maximum absolute atomic E-state index is 4.35. The van der Waals surface area contributed by atoms with Crippen LogP contribution >= 0.6 is 15.9 Å². The predicted octanol–water partition coefficient (Wildman–Crippen LogP) is 2.60. The average Bonchev–Trinajstić information content (AvgIpc) is 2.50. The molecule has 1 aromatic heterocycles. The summed E-state index contributed by atoms with van der Waals surface area (Å²) in [5, 5.41) is 7.76. The van der Waals surface area contributed by atoms with Gasteiger partial charge in [-0.25, -0.2) is 0 Å². The highest BCUT2D eigenvalue weighted by molar-refractivity contribution is 9.10. The van der Waals surface area contributed by atoms with Gasteiger partial charge in [0.1, 0.15) is 0 Å². The molecule has 0 aliphatic carbocycles. The van der Waals surface area contributed by atoms with Gasteiger partial charge in [-0.3, -0.25) is 4.68 Å². The third kappa shape index (κ3) is 3.95. The topological polar surface area (TPSA) is 29.9 Å². The first kappa shape index (κ1) is 12.7. The van der Waals surface area contributed by atoms with Crippen molar-refractivity contribution in [1.82, 2.24) is 15.1 Å². The van der Waals surface area contributed by atoms with Crippen molar-refractivity contribution in [2.24, 2.45) is 0 Å². The van der Waals surface area contributed by atoms with E-state index in [-0.39, 0.29) is 0 Å². The Morgan fingerprint density at radius 2 is 2.27 bits per heavy atom. The first-order valence-corrected chi connectivity index (χ1v) is 6.38. The van der Waals surface area contributed by atoms with E-state index in [0.717, 1.165) is 30.4 Å². The molecule has 86 valence electrons. The van der Waals surface area contributed by atoms with Gasteiger partial charge in [0, 0.05) is 25.6 Å². The second-order valence-electron chi connectivity index (χ2n) is 4.02. The minimum atomic E-state index is 0.548. The predicted molar refractivity (Wildman–Crippen MR) is 67.1 cm³/mol. The lowest BCUT2D eigenvalue weighted by molar-refractivity contribution is 0.543. The Morgan fingerprint density at radius 1 is 1.53 bits per heavy atom. The molecule has 0 saturated carbocycles. The third-order valence-electron chi connectivity index (χ3n) is 2.25. The van der Waals surface area contributed by atoms with E-state index in [2.05, 4.69) is 51.8 Å². The largest absolute Gasteiger partial charge is 0.314 e. The van der Waals surface area contributed by atoms with Gasteiger partial charge in [0.25, 0.3) is 0 Å². The Labute approximate surface area is 100 Å². The summed E-state index contributed by atoms with van der Waals surface area (Å²) in [5.41, 5.74) is 1.30. The molecule has 1 heterocycles. The molecule has 3 nitrogen and oxygen atoms in total. The number of rotatable bonds is 6. The van der Waals surface area contributed by atoms with Crippen LogP contribution in [0.25, 0.3) is 0 Å². The fraction of sp³-hybridized carbons (Fsp3) is 0.727. The Morgan fingerprint density at radius 3 is 2.87 bits per heavy atom. The molecule has 0 amide bonds. The van der Waals surface area contributed by atoms with E-state index in [1.165, 1.54) is 5.69 Å². The van der Waals surface area contributed by atoms with E-state index in [0.29, 0.717) is 6.04 Å². The summed E-state index contributed by atoms with van der Waals surface area (Å²) < 4.78 is 3.22. The molecule has 0 radical (unpaired) electrons. The van der Waals surface area contributed by atoms with Crippen LogP contribution in [0.4, 0.5) is 0 Å². The molecular formula is C11H20BrN3. The van der Waals surface area contributed by atoms with Crippen LogP contribution < -0.4 is 5.32 Å². The molecular weight excluding hydrogens is 254 g/mol. The maximum Gasteiger partial charge on any atom is 0.0635 e. The Kier molecular flexibility index (Phi) is 5.32. The van der Waals surface area contributed by atoms with Gasteiger partial charge in [0.2, 0.25) is 0 Å². The van der Waals surface area contributed by atoms with Crippen molar-refractivity contribution in [1.29, 1.82) is 0 Å².